The van der Waals surface area contributed by atoms with E-state index in [4.69, 9.17) is 9.47 Å². The molecule has 1 heterocycles. The highest BCUT2D eigenvalue weighted by Gasteiger charge is 2.24. The van der Waals surface area contributed by atoms with Gasteiger partial charge in [0.05, 0.1) is 7.11 Å². The van der Waals surface area contributed by atoms with Crippen molar-refractivity contribution >= 4 is 24.2 Å². The van der Waals surface area contributed by atoms with Crippen LogP contribution in [0.3, 0.4) is 0 Å². The van der Waals surface area contributed by atoms with Crippen LogP contribution in [0.4, 0.5) is 0 Å². The monoisotopic (exact) mass is 399 g/mol. The number of amides is 2. The molecule has 1 aliphatic rings. The van der Waals surface area contributed by atoms with Gasteiger partial charge in [0.15, 0.2) is 18.1 Å². The van der Waals surface area contributed by atoms with Gasteiger partial charge in [0, 0.05) is 25.7 Å². The highest BCUT2D eigenvalue weighted by atomic mass is 35.5. The molecule has 2 N–H and O–H groups in total. The third-order valence-corrected chi connectivity index (χ3v) is 4.75. The van der Waals surface area contributed by atoms with E-state index >= 15 is 0 Å². The number of ether oxygens (including phenoxy) is 2. The van der Waals surface area contributed by atoms with Gasteiger partial charge in [-0.1, -0.05) is 0 Å². The Balaban J connectivity index is 0.00000364. The van der Waals surface area contributed by atoms with Gasteiger partial charge >= 0.3 is 0 Å². The van der Waals surface area contributed by atoms with E-state index in [0.717, 1.165) is 38.9 Å². The topological polar surface area (TPSA) is 79.9 Å². The summed E-state index contributed by atoms with van der Waals surface area (Å²) in [5, 5.41) is 5.67. The molecule has 8 heteroatoms. The molecule has 0 unspecified atom stereocenters. The van der Waals surface area contributed by atoms with Crippen molar-refractivity contribution in [3.05, 3.63) is 23.8 Å². The Morgan fingerprint density at radius 1 is 1.19 bits per heavy atom. The first-order valence-corrected chi connectivity index (χ1v) is 9.04. The van der Waals surface area contributed by atoms with Crippen molar-refractivity contribution in [3.63, 3.8) is 0 Å². The summed E-state index contributed by atoms with van der Waals surface area (Å²) in [4.78, 5) is 26.0. The van der Waals surface area contributed by atoms with E-state index in [0.29, 0.717) is 23.0 Å². The Labute approximate surface area is 167 Å². The zero-order valence-electron chi connectivity index (χ0n) is 16.2. The number of halogens is 1. The number of carbonyl (C=O) groups is 2. The van der Waals surface area contributed by atoms with Crippen molar-refractivity contribution in [2.75, 3.05) is 47.4 Å². The highest BCUT2D eigenvalue weighted by molar-refractivity contribution is 5.95. The second-order valence-corrected chi connectivity index (χ2v) is 6.46. The normalized spacial score (nSPS) is 14.3. The van der Waals surface area contributed by atoms with Gasteiger partial charge in [0.25, 0.3) is 11.8 Å². The largest absolute Gasteiger partial charge is 0.493 e. The van der Waals surface area contributed by atoms with Gasteiger partial charge in [-0.2, -0.15) is 0 Å². The number of rotatable bonds is 8. The molecule has 0 aliphatic carbocycles. The van der Waals surface area contributed by atoms with E-state index < -0.39 is 0 Å². The van der Waals surface area contributed by atoms with E-state index in [9.17, 15) is 9.59 Å². The van der Waals surface area contributed by atoms with Gasteiger partial charge in [-0.05, 0) is 57.0 Å². The van der Waals surface area contributed by atoms with Crippen LogP contribution in [0, 0.1) is 5.92 Å². The molecule has 0 spiro atoms. The molecule has 1 saturated heterocycles. The number of piperidine rings is 1. The number of methoxy groups -OCH3 is 1. The molecule has 0 radical (unpaired) electrons. The number of nitrogens with one attached hydrogen (secondary N) is 2. The predicted octanol–water partition coefficient (Wildman–Crippen LogP) is 1.70. The maximum atomic E-state index is 12.8. The smallest absolute Gasteiger partial charge is 0.257 e. The van der Waals surface area contributed by atoms with E-state index in [1.165, 1.54) is 7.11 Å². The average Bonchev–Trinajstić information content (AvgIpc) is 2.70. The minimum absolute atomic E-state index is 0. The van der Waals surface area contributed by atoms with Crippen molar-refractivity contribution < 1.29 is 19.1 Å². The van der Waals surface area contributed by atoms with Gasteiger partial charge in [-0.3, -0.25) is 9.59 Å². The molecule has 1 aliphatic heterocycles. The molecule has 0 saturated carbocycles. The van der Waals surface area contributed by atoms with Crippen LogP contribution in [0.2, 0.25) is 0 Å². The van der Waals surface area contributed by atoms with Crippen LogP contribution in [0.25, 0.3) is 0 Å². The standard InChI is InChI=1S/C19H29N3O4.ClH/c1-20-9-6-14-7-10-22(11-8-14)19(24)15-4-5-16(17(12-15)25-3)26-13-18(23)21-2;/h4-5,12,14,20H,6-11,13H2,1-3H3,(H,21,23);1H. The lowest BCUT2D eigenvalue weighted by Gasteiger charge is -2.32. The molecule has 27 heavy (non-hydrogen) atoms. The molecular weight excluding hydrogens is 370 g/mol. The number of hydrogen-bond donors (Lipinski definition) is 2. The minimum Gasteiger partial charge on any atom is -0.493 e. The fourth-order valence-electron chi connectivity index (χ4n) is 3.09. The first kappa shape index (κ1) is 23.0. The van der Waals surface area contributed by atoms with Crippen molar-refractivity contribution in [3.8, 4) is 11.5 Å². The molecule has 7 nitrogen and oxygen atoms in total. The first-order valence-electron chi connectivity index (χ1n) is 9.04. The summed E-state index contributed by atoms with van der Waals surface area (Å²) in [5.74, 6) is 1.35. The molecular formula is C19H30ClN3O4. The lowest BCUT2D eigenvalue weighted by Crippen LogP contribution is -2.39. The molecule has 1 fully saturated rings. The molecule has 152 valence electrons. The van der Waals surface area contributed by atoms with Crippen LogP contribution in [0.5, 0.6) is 11.5 Å². The molecule has 0 aromatic heterocycles. The third-order valence-electron chi connectivity index (χ3n) is 4.75. The van der Waals surface area contributed by atoms with Gasteiger partial charge in [-0.25, -0.2) is 0 Å². The number of likely N-dealkylation sites (tertiary alicyclic amines) is 1. The van der Waals surface area contributed by atoms with E-state index in [1.54, 1.807) is 25.2 Å². The Kier molecular flexibility index (Phi) is 9.96. The van der Waals surface area contributed by atoms with E-state index in [-0.39, 0.29) is 30.8 Å². The second-order valence-electron chi connectivity index (χ2n) is 6.46. The van der Waals surface area contributed by atoms with Crippen molar-refractivity contribution in [2.45, 2.75) is 19.3 Å². The summed E-state index contributed by atoms with van der Waals surface area (Å²) in [6.07, 6.45) is 3.24. The van der Waals surface area contributed by atoms with Crippen LogP contribution < -0.4 is 20.1 Å². The van der Waals surface area contributed by atoms with Crippen LogP contribution >= 0.6 is 12.4 Å². The number of likely N-dealkylation sites (N-methyl/N-ethyl adjacent to an activating group) is 1. The second kappa shape index (κ2) is 11.7. The van der Waals surface area contributed by atoms with Crippen LogP contribution in [-0.2, 0) is 4.79 Å². The highest BCUT2D eigenvalue weighted by Crippen LogP contribution is 2.29. The van der Waals surface area contributed by atoms with Crippen molar-refractivity contribution in [2.24, 2.45) is 5.92 Å². The van der Waals surface area contributed by atoms with Crippen molar-refractivity contribution in [1.82, 2.24) is 15.5 Å². The number of nitrogens with zero attached hydrogens (tertiary/aromatic N) is 1. The van der Waals surface area contributed by atoms with Crippen LogP contribution in [0.1, 0.15) is 29.6 Å². The molecule has 1 aromatic rings. The fraction of sp³-hybridized carbons (Fsp3) is 0.579. The third kappa shape index (κ3) is 6.59. The van der Waals surface area contributed by atoms with Gasteiger partial charge < -0.3 is 25.0 Å². The Morgan fingerprint density at radius 3 is 2.48 bits per heavy atom. The SMILES string of the molecule is CNCCC1CCN(C(=O)c2ccc(OCC(=O)NC)c(OC)c2)CC1.Cl. The van der Waals surface area contributed by atoms with Gasteiger partial charge in [0.2, 0.25) is 0 Å². The average molecular weight is 400 g/mol. The van der Waals surface area contributed by atoms with Crippen LogP contribution in [0.15, 0.2) is 18.2 Å². The Morgan fingerprint density at radius 2 is 1.89 bits per heavy atom. The van der Waals surface area contributed by atoms with Crippen LogP contribution in [-0.4, -0.2) is 64.2 Å². The Bertz CT molecular complexity index is 619. The van der Waals surface area contributed by atoms with Gasteiger partial charge in [0.1, 0.15) is 0 Å². The summed E-state index contributed by atoms with van der Waals surface area (Å²) >= 11 is 0. The summed E-state index contributed by atoms with van der Waals surface area (Å²) in [5.41, 5.74) is 0.572. The molecule has 2 amide bonds. The van der Waals surface area contributed by atoms with Crippen molar-refractivity contribution in [1.29, 1.82) is 0 Å². The first-order chi connectivity index (χ1) is 12.6. The summed E-state index contributed by atoms with van der Waals surface area (Å²) in [7, 11) is 5.03. The lowest BCUT2D eigenvalue weighted by atomic mass is 9.93. The summed E-state index contributed by atoms with van der Waals surface area (Å²) in [6.45, 7) is 2.49. The zero-order chi connectivity index (χ0) is 18.9. The minimum atomic E-state index is -0.228. The molecule has 0 atom stereocenters. The molecule has 1 aromatic carbocycles. The van der Waals surface area contributed by atoms with E-state index in [2.05, 4.69) is 10.6 Å². The molecule has 2 rings (SSSR count). The predicted molar refractivity (Wildman–Crippen MR) is 107 cm³/mol. The zero-order valence-corrected chi connectivity index (χ0v) is 17.1. The number of hydrogen-bond acceptors (Lipinski definition) is 5. The summed E-state index contributed by atoms with van der Waals surface area (Å²) < 4.78 is 10.8. The summed E-state index contributed by atoms with van der Waals surface area (Å²) in [6, 6.07) is 5.07. The maximum Gasteiger partial charge on any atom is 0.257 e. The molecule has 0 bridgehead atoms. The quantitative estimate of drug-likeness (QED) is 0.695. The lowest BCUT2D eigenvalue weighted by molar-refractivity contribution is -0.122. The maximum absolute atomic E-state index is 12.8. The Hall–Kier alpha value is -1.99. The number of carbonyl (C=O) groups excluding carboxylic acids is 2. The van der Waals surface area contributed by atoms with E-state index in [1.807, 2.05) is 11.9 Å². The van der Waals surface area contributed by atoms with Gasteiger partial charge in [-0.15, -0.1) is 12.4 Å². The fourth-order valence-corrected chi connectivity index (χ4v) is 3.09. The number of benzene rings is 1.